The van der Waals surface area contributed by atoms with Crippen LogP contribution in [0.25, 0.3) is 0 Å². The molecule has 1 N–H and O–H groups in total. The molecule has 2 aromatic heterocycles. The fourth-order valence-electron chi connectivity index (χ4n) is 2.71. The molecule has 1 atom stereocenters. The van der Waals surface area contributed by atoms with E-state index in [1.807, 2.05) is 31.5 Å². The highest BCUT2D eigenvalue weighted by molar-refractivity contribution is 5.34. The molecule has 0 radical (unpaired) electrons. The van der Waals surface area contributed by atoms with Crippen molar-refractivity contribution in [3.05, 3.63) is 47.5 Å². The van der Waals surface area contributed by atoms with Crippen LogP contribution < -0.4 is 5.32 Å². The van der Waals surface area contributed by atoms with Crippen molar-refractivity contribution in [1.82, 2.24) is 15.0 Å². The summed E-state index contributed by atoms with van der Waals surface area (Å²) in [6, 6.07) is 6.21. The summed E-state index contributed by atoms with van der Waals surface area (Å²) in [6.45, 7) is 2.89. The van der Waals surface area contributed by atoms with Gasteiger partial charge < -0.3 is 5.32 Å². The van der Waals surface area contributed by atoms with Gasteiger partial charge >= 0.3 is 0 Å². The summed E-state index contributed by atoms with van der Waals surface area (Å²) in [5, 5.41) is 3.17. The second-order valence-electron chi connectivity index (χ2n) is 4.83. The van der Waals surface area contributed by atoms with E-state index in [1.165, 1.54) is 17.7 Å². The molecule has 0 bridgehead atoms. The maximum Gasteiger partial charge on any atom is 0.222 e. The average molecular weight is 254 g/mol. The first-order valence-electron chi connectivity index (χ1n) is 6.89. The van der Waals surface area contributed by atoms with Crippen molar-refractivity contribution in [3.63, 3.8) is 0 Å². The minimum Gasteiger partial charge on any atom is -0.354 e. The van der Waals surface area contributed by atoms with Crippen molar-refractivity contribution < 1.29 is 0 Å². The lowest BCUT2D eigenvalue weighted by Gasteiger charge is -2.23. The Balaban J connectivity index is 1.97. The number of fused-ring (bicyclic) bond motifs is 1. The Morgan fingerprint density at radius 2 is 2.21 bits per heavy atom. The average Bonchev–Trinajstić information content (AvgIpc) is 2.47. The van der Waals surface area contributed by atoms with Gasteiger partial charge in [0.25, 0.3) is 0 Å². The van der Waals surface area contributed by atoms with Gasteiger partial charge in [-0.1, -0.05) is 6.07 Å². The highest BCUT2D eigenvalue weighted by atomic mass is 15.1. The van der Waals surface area contributed by atoms with Crippen LogP contribution in [-0.2, 0) is 6.42 Å². The van der Waals surface area contributed by atoms with Crippen molar-refractivity contribution >= 4 is 5.95 Å². The summed E-state index contributed by atoms with van der Waals surface area (Å²) in [4.78, 5) is 13.4. The van der Waals surface area contributed by atoms with Gasteiger partial charge in [-0.2, -0.15) is 0 Å². The van der Waals surface area contributed by atoms with Crippen LogP contribution >= 0.6 is 0 Å². The SMILES string of the molecule is CCNc1nccc(C2CCCc3cccnc32)n1. The summed E-state index contributed by atoms with van der Waals surface area (Å²) in [5.41, 5.74) is 3.63. The molecule has 1 aliphatic carbocycles. The van der Waals surface area contributed by atoms with Crippen LogP contribution in [0, 0.1) is 0 Å². The topological polar surface area (TPSA) is 50.7 Å². The van der Waals surface area contributed by atoms with E-state index in [-0.39, 0.29) is 0 Å². The molecule has 0 fully saturated rings. The molecule has 2 heterocycles. The zero-order valence-corrected chi connectivity index (χ0v) is 11.1. The van der Waals surface area contributed by atoms with Gasteiger partial charge in [0.15, 0.2) is 0 Å². The number of rotatable bonds is 3. The maximum atomic E-state index is 4.62. The molecule has 3 rings (SSSR count). The van der Waals surface area contributed by atoms with Gasteiger partial charge in [-0.3, -0.25) is 4.98 Å². The largest absolute Gasteiger partial charge is 0.354 e. The first kappa shape index (κ1) is 12.1. The van der Waals surface area contributed by atoms with Gasteiger partial charge in [0.05, 0.1) is 11.4 Å². The minimum absolute atomic E-state index is 0.311. The maximum absolute atomic E-state index is 4.62. The van der Waals surface area contributed by atoms with E-state index >= 15 is 0 Å². The number of aromatic nitrogens is 3. The molecule has 2 aromatic rings. The lowest BCUT2D eigenvalue weighted by atomic mass is 9.84. The third-order valence-electron chi connectivity index (χ3n) is 3.56. The Morgan fingerprint density at radius 1 is 1.26 bits per heavy atom. The van der Waals surface area contributed by atoms with Crippen LogP contribution in [0.15, 0.2) is 30.6 Å². The lowest BCUT2D eigenvalue weighted by molar-refractivity contribution is 0.587. The molecular weight excluding hydrogens is 236 g/mol. The third kappa shape index (κ3) is 2.43. The predicted molar refractivity (Wildman–Crippen MR) is 75.2 cm³/mol. The molecule has 98 valence electrons. The molecule has 0 spiro atoms. The minimum atomic E-state index is 0.311. The van der Waals surface area contributed by atoms with Gasteiger partial charge in [0.2, 0.25) is 5.95 Å². The van der Waals surface area contributed by atoms with E-state index in [0.717, 1.165) is 25.1 Å². The number of hydrogen-bond donors (Lipinski definition) is 1. The van der Waals surface area contributed by atoms with Crippen LogP contribution in [0.5, 0.6) is 0 Å². The predicted octanol–water partition coefficient (Wildman–Crippen LogP) is 2.77. The number of aryl methyl sites for hydroxylation is 1. The van der Waals surface area contributed by atoms with Crippen LogP contribution in [0.3, 0.4) is 0 Å². The molecule has 0 saturated heterocycles. The normalized spacial score (nSPS) is 17.8. The zero-order valence-electron chi connectivity index (χ0n) is 11.1. The molecule has 0 aliphatic heterocycles. The third-order valence-corrected chi connectivity index (χ3v) is 3.56. The second-order valence-corrected chi connectivity index (χ2v) is 4.83. The summed E-state index contributed by atoms with van der Waals surface area (Å²) in [5.74, 6) is 1.02. The Kier molecular flexibility index (Phi) is 3.40. The van der Waals surface area contributed by atoms with Gasteiger partial charge in [-0.15, -0.1) is 0 Å². The molecule has 1 unspecified atom stereocenters. The molecule has 4 nitrogen and oxygen atoms in total. The molecule has 0 amide bonds. The fraction of sp³-hybridized carbons (Fsp3) is 0.400. The Hall–Kier alpha value is -1.97. The number of anilines is 1. The summed E-state index contributed by atoms with van der Waals surface area (Å²) in [7, 11) is 0. The second kappa shape index (κ2) is 5.34. The van der Waals surface area contributed by atoms with Crippen molar-refractivity contribution in [1.29, 1.82) is 0 Å². The lowest BCUT2D eigenvalue weighted by Crippen LogP contribution is -2.15. The molecule has 0 saturated carbocycles. The van der Waals surface area contributed by atoms with Crippen molar-refractivity contribution in [2.24, 2.45) is 0 Å². The molecule has 4 heteroatoms. The standard InChI is InChI=1S/C15H18N4/c1-2-16-15-18-10-8-13(19-15)12-7-3-5-11-6-4-9-17-14(11)12/h4,6,8-10,12H,2-3,5,7H2,1H3,(H,16,18,19). The molecule has 0 aromatic carbocycles. The molecule has 19 heavy (non-hydrogen) atoms. The first-order valence-corrected chi connectivity index (χ1v) is 6.89. The Labute approximate surface area is 113 Å². The fourth-order valence-corrected chi connectivity index (χ4v) is 2.71. The van der Waals surface area contributed by atoms with Gasteiger partial charge in [-0.05, 0) is 43.9 Å². The number of hydrogen-bond acceptors (Lipinski definition) is 4. The van der Waals surface area contributed by atoms with Crippen LogP contribution in [0.1, 0.15) is 42.6 Å². The van der Waals surface area contributed by atoms with E-state index in [0.29, 0.717) is 11.9 Å². The molecular formula is C15H18N4. The first-order chi connectivity index (χ1) is 9.38. The van der Waals surface area contributed by atoms with E-state index < -0.39 is 0 Å². The Morgan fingerprint density at radius 3 is 3.11 bits per heavy atom. The van der Waals surface area contributed by atoms with Crippen LogP contribution in [0.4, 0.5) is 5.95 Å². The number of nitrogens with one attached hydrogen (secondary N) is 1. The highest BCUT2D eigenvalue weighted by Crippen LogP contribution is 2.34. The van der Waals surface area contributed by atoms with E-state index in [1.54, 1.807) is 0 Å². The Bertz CT molecular complexity index is 568. The molecule has 1 aliphatic rings. The number of pyridine rings is 1. The quantitative estimate of drug-likeness (QED) is 0.915. The van der Waals surface area contributed by atoms with E-state index in [4.69, 9.17) is 0 Å². The zero-order chi connectivity index (χ0) is 13.1. The smallest absolute Gasteiger partial charge is 0.222 e. The van der Waals surface area contributed by atoms with Crippen LogP contribution in [0.2, 0.25) is 0 Å². The van der Waals surface area contributed by atoms with Gasteiger partial charge in [0.1, 0.15) is 0 Å². The summed E-state index contributed by atoms with van der Waals surface area (Å²) in [6.07, 6.45) is 7.16. The van der Waals surface area contributed by atoms with Crippen molar-refractivity contribution in [2.45, 2.75) is 32.1 Å². The van der Waals surface area contributed by atoms with E-state index in [9.17, 15) is 0 Å². The highest BCUT2D eigenvalue weighted by Gasteiger charge is 2.24. The van der Waals surface area contributed by atoms with Gasteiger partial charge in [-0.25, -0.2) is 9.97 Å². The van der Waals surface area contributed by atoms with E-state index in [2.05, 4.69) is 26.3 Å². The van der Waals surface area contributed by atoms with Crippen molar-refractivity contribution in [3.8, 4) is 0 Å². The summed E-state index contributed by atoms with van der Waals surface area (Å²) >= 11 is 0. The monoisotopic (exact) mass is 254 g/mol. The van der Waals surface area contributed by atoms with Crippen LogP contribution in [-0.4, -0.2) is 21.5 Å². The summed E-state index contributed by atoms with van der Waals surface area (Å²) < 4.78 is 0. The van der Waals surface area contributed by atoms with Gasteiger partial charge in [0, 0.05) is 24.9 Å². The van der Waals surface area contributed by atoms with Crippen molar-refractivity contribution in [2.75, 3.05) is 11.9 Å². The number of nitrogens with zero attached hydrogens (tertiary/aromatic N) is 3.